The maximum Gasteiger partial charge on any atom is 0.260 e. The van der Waals surface area contributed by atoms with E-state index in [9.17, 15) is 8.78 Å². The zero-order chi connectivity index (χ0) is 10.9. The summed E-state index contributed by atoms with van der Waals surface area (Å²) in [7, 11) is 0. The minimum atomic E-state index is -2.72. The van der Waals surface area contributed by atoms with Crippen molar-refractivity contribution in [2.75, 3.05) is 0 Å². The molecule has 0 aromatic heterocycles. The Morgan fingerprint density at radius 2 is 1.71 bits per heavy atom. The monoisotopic (exact) mass is 239 g/mol. The molecule has 5 heteroatoms. The van der Waals surface area contributed by atoms with Crippen LogP contribution in [0.25, 0.3) is 0 Å². The van der Waals surface area contributed by atoms with Crippen LogP contribution >= 0.6 is 23.2 Å². The summed E-state index contributed by atoms with van der Waals surface area (Å²) in [6.45, 7) is 1.20. The van der Waals surface area contributed by atoms with Gasteiger partial charge in [-0.15, -0.1) is 0 Å². The van der Waals surface area contributed by atoms with Crippen molar-refractivity contribution >= 4 is 23.2 Å². The molecule has 1 atom stereocenters. The Balaban J connectivity index is 3.31. The van der Waals surface area contributed by atoms with Crippen LogP contribution in [0.4, 0.5) is 8.78 Å². The molecule has 0 fully saturated rings. The maximum absolute atomic E-state index is 12.6. The number of nitrogens with two attached hydrogens (primary N) is 1. The fourth-order valence-electron chi connectivity index (χ4n) is 1.12. The first-order chi connectivity index (χ1) is 6.37. The normalized spacial score (nSPS) is 15.6. The summed E-state index contributed by atoms with van der Waals surface area (Å²) >= 11 is 11.5. The maximum atomic E-state index is 12.6. The van der Waals surface area contributed by atoms with Gasteiger partial charge in [0.1, 0.15) is 5.54 Å². The fraction of sp³-hybridized carbons (Fsp3) is 0.333. The van der Waals surface area contributed by atoms with Crippen LogP contribution in [0, 0.1) is 0 Å². The van der Waals surface area contributed by atoms with Crippen LogP contribution in [0.5, 0.6) is 0 Å². The van der Waals surface area contributed by atoms with Gasteiger partial charge < -0.3 is 5.73 Å². The molecule has 1 rings (SSSR count). The lowest BCUT2D eigenvalue weighted by atomic mass is 9.93. The molecule has 14 heavy (non-hydrogen) atoms. The van der Waals surface area contributed by atoms with Gasteiger partial charge in [-0.25, -0.2) is 8.78 Å². The lowest BCUT2D eigenvalue weighted by Gasteiger charge is -2.26. The van der Waals surface area contributed by atoms with Crippen molar-refractivity contribution in [3.05, 3.63) is 33.8 Å². The van der Waals surface area contributed by atoms with Crippen molar-refractivity contribution < 1.29 is 8.78 Å². The summed E-state index contributed by atoms with van der Waals surface area (Å²) in [5.74, 6) is 0. The van der Waals surface area contributed by atoms with E-state index < -0.39 is 12.0 Å². The molecule has 1 aromatic carbocycles. The minimum absolute atomic E-state index is 0.0818. The molecular weight excluding hydrogens is 231 g/mol. The van der Waals surface area contributed by atoms with Gasteiger partial charge in [-0.1, -0.05) is 29.3 Å². The number of hydrogen-bond donors (Lipinski definition) is 1. The van der Waals surface area contributed by atoms with Crippen LogP contribution in [0.15, 0.2) is 18.2 Å². The number of alkyl halides is 2. The smallest absolute Gasteiger partial charge is 0.260 e. The molecule has 0 heterocycles. The van der Waals surface area contributed by atoms with E-state index in [1.54, 1.807) is 6.07 Å². The Labute approximate surface area is 90.8 Å². The molecule has 0 saturated carbocycles. The standard InChI is InChI=1S/C9H9Cl2F2N/c1-9(14,8(12)13)7-5(10)3-2-4-6(7)11/h2-4,8H,14H2,1H3. The largest absolute Gasteiger partial charge is 0.317 e. The van der Waals surface area contributed by atoms with Crippen LogP contribution in [0.2, 0.25) is 10.0 Å². The molecule has 0 radical (unpaired) electrons. The zero-order valence-corrected chi connectivity index (χ0v) is 8.91. The molecule has 0 amide bonds. The van der Waals surface area contributed by atoms with Crippen LogP contribution in [0.3, 0.4) is 0 Å². The van der Waals surface area contributed by atoms with E-state index in [4.69, 9.17) is 28.9 Å². The predicted octanol–water partition coefficient (Wildman–Crippen LogP) is 3.43. The second kappa shape index (κ2) is 4.01. The van der Waals surface area contributed by atoms with Gasteiger partial charge in [0.05, 0.1) is 0 Å². The highest BCUT2D eigenvalue weighted by molar-refractivity contribution is 6.36. The van der Waals surface area contributed by atoms with E-state index in [1.807, 2.05) is 0 Å². The number of hydrogen-bond acceptors (Lipinski definition) is 1. The van der Waals surface area contributed by atoms with Crippen LogP contribution in [0.1, 0.15) is 12.5 Å². The average Bonchev–Trinajstić information content (AvgIpc) is 2.02. The summed E-state index contributed by atoms with van der Waals surface area (Å²) in [6.07, 6.45) is -2.72. The number of halogens is 4. The highest BCUT2D eigenvalue weighted by Gasteiger charge is 2.35. The highest BCUT2D eigenvalue weighted by atomic mass is 35.5. The van der Waals surface area contributed by atoms with Gasteiger partial charge in [0.2, 0.25) is 0 Å². The van der Waals surface area contributed by atoms with Crippen molar-refractivity contribution in [2.24, 2.45) is 5.73 Å². The van der Waals surface area contributed by atoms with E-state index in [1.165, 1.54) is 19.1 Å². The molecular formula is C9H9Cl2F2N. The van der Waals surface area contributed by atoms with Gasteiger partial charge >= 0.3 is 0 Å². The summed E-state index contributed by atoms with van der Waals surface area (Å²) in [5, 5.41) is 0.311. The first-order valence-corrected chi connectivity index (χ1v) is 4.64. The van der Waals surface area contributed by atoms with E-state index in [0.29, 0.717) is 0 Å². The molecule has 0 saturated heterocycles. The first-order valence-electron chi connectivity index (χ1n) is 3.89. The Hall–Kier alpha value is -0.380. The SMILES string of the molecule is CC(N)(c1c(Cl)cccc1Cl)C(F)F. The Morgan fingerprint density at radius 3 is 2.07 bits per heavy atom. The Kier molecular flexibility index (Phi) is 3.35. The molecule has 0 aliphatic carbocycles. The van der Waals surface area contributed by atoms with Crippen molar-refractivity contribution in [2.45, 2.75) is 18.9 Å². The van der Waals surface area contributed by atoms with E-state index >= 15 is 0 Å². The molecule has 0 bridgehead atoms. The second-order valence-electron chi connectivity index (χ2n) is 3.18. The van der Waals surface area contributed by atoms with Gasteiger partial charge in [0, 0.05) is 15.6 Å². The van der Waals surface area contributed by atoms with Crippen LogP contribution in [-0.4, -0.2) is 6.43 Å². The van der Waals surface area contributed by atoms with Crippen molar-refractivity contribution in [1.82, 2.24) is 0 Å². The van der Waals surface area contributed by atoms with Crippen molar-refractivity contribution in [3.8, 4) is 0 Å². The summed E-state index contributed by atoms with van der Waals surface area (Å²) in [6, 6.07) is 4.54. The Bertz CT molecular complexity index is 319. The molecule has 0 spiro atoms. The highest BCUT2D eigenvalue weighted by Crippen LogP contribution is 2.35. The van der Waals surface area contributed by atoms with Gasteiger partial charge in [0.15, 0.2) is 0 Å². The number of rotatable bonds is 2. The molecule has 1 aromatic rings. The lowest BCUT2D eigenvalue weighted by Crippen LogP contribution is -2.41. The van der Waals surface area contributed by atoms with Crippen LogP contribution < -0.4 is 5.73 Å². The average molecular weight is 240 g/mol. The molecule has 1 nitrogen and oxygen atoms in total. The topological polar surface area (TPSA) is 26.0 Å². The summed E-state index contributed by atoms with van der Waals surface area (Å²) in [4.78, 5) is 0. The minimum Gasteiger partial charge on any atom is -0.317 e. The van der Waals surface area contributed by atoms with Crippen molar-refractivity contribution in [3.63, 3.8) is 0 Å². The molecule has 1 unspecified atom stereocenters. The quantitative estimate of drug-likeness (QED) is 0.841. The summed E-state index contributed by atoms with van der Waals surface area (Å²) in [5.41, 5.74) is 3.72. The van der Waals surface area contributed by atoms with Gasteiger partial charge in [-0.05, 0) is 19.1 Å². The zero-order valence-electron chi connectivity index (χ0n) is 7.40. The third-order valence-corrected chi connectivity index (χ3v) is 2.58. The fourth-order valence-corrected chi connectivity index (χ4v) is 1.93. The molecule has 2 N–H and O–H groups in total. The predicted molar refractivity (Wildman–Crippen MR) is 54.0 cm³/mol. The summed E-state index contributed by atoms with van der Waals surface area (Å²) < 4.78 is 25.2. The van der Waals surface area contributed by atoms with E-state index in [-0.39, 0.29) is 15.6 Å². The van der Waals surface area contributed by atoms with Gasteiger partial charge in [0.25, 0.3) is 6.43 Å². The third-order valence-electron chi connectivity index (χ3n) is 1.95. The molecule has 0 aliphatic rings. The van der Waals surface area contributed by atoms with Gasteiger partial charge in [-0.2, -0.15) is 0 Å². The van der Waals surface area contributed by atoms with Crippen molar-refractivity contribution in [1.29, 1.82) is 0 Å². The third kappa shape index (κ3) is 2.00. The number of benzene rings is 1. The van der Waals surface area contributed by atoms with Gasteiger partial charge in [-0.3, -0.25) is 0 Å². The molecule has 0 aliphatic heterocycles. The second-order valence-corrected chi connectivity index (χ2v) is 3.99. The Morgan fingerprint density at radius 1 is 1.29 bits per heavy atom. The first kappa shape index (κ1) is 11.7. The lowest BCUT2D eigenvalue weighted by molar-refractivity contribution is 0.0626. The van der Waals surface area contributed by atoms with Crippen LogP contribution in [-0.2, 0) is 5.54 Å². The molecule has 78 valence electrons. The van der Waals surface area contributed by atoms with E-state index in [2.05, 4.69) is 0 Å². The van der Waals surface area contributed by atoms with E-state index in [0.717, 1.165) is 0 Å².